The second-order valence-corrected chi connectivity index (χ2v) is 19.2. The van der Waals surface area contributed by atoms with E-state index in [9.17, 15) is 0 Å². The number of hydrogen-bond acceptors (Lipinski definition) is 1. The van der Waals surface area contributed by atoms with Crippen molar-refractivity contribution in [3.8, 4) is 50.2 Å². The van der Waals surface area contributed by atoms with Crippen LogP contribution in [0, 0.1) is 0 Å². The largest absolute Gasteiger partial charge is 0.454 e. The molecule has 0 unspecified atom stereocenters. The average molecular weight is 740 g/mol. The topological polar surface area (TPSA) is 18.1 Å². The number of para-hydroxylation sites is 3. The first-order valence-corrected chi connectivity index (χ1v) is 21.8. The third-order valence-electron chi connectivity index (χ3n) is 12.8. The highest BCUT2D eigenvalue weighted by Gasteiger charge is 2.50. The molecule has 0 aliphatic carbocycles. The normalized spacial score (nSPS) is 13.4. The molecule has 0 atom stereocenters. The first-order valence-electron chi connectivity index (χ1n) is 19.8. The molecule has 2 aliphatic rings. The Morgan fingerprint density at radius 2 is 0.719 bits per heavy atom. The highest BCUT2D eigenvalue weighted by Crippen LogP contribution is 2.45. The van der Waals surface area contributed by atoms with E-state index in [-0.39, 0.29) is 0 Å². The maximum Gasteiger partial charge on any atom is 0.182 e. The van der Waals surface area contributed by atoms with E-state index < -0.39 is 8.07 Å². The van der Waals surface area contributed by atoms with Crippen LogP contribution in [0.1, 0.15) is 0 Å². The molecule has 2 aromatic heterocycles. The fraction of sp³-hybridized carbons (Fsp3) is 0. The van der Waals surface area contributed by atoms with E-state index in [1.54, 1.807) is 0 Å². The van der Waals surface area contributed by atoms with Gasteiger partial charge < -0.3 is 8.98 Å². The summed E-state index contributed by atoms with van der Waals surface area (Å²) in [6.45, 7) is 0. The fourth-order valence-corrected chi connectivity index (χ4v) is 16.2. The molecule has 264 valence electrons. The molecule has 2 nitrogen and oxygen atoms in total. The van der Waals surface area contributed by atoms with Crippen molar-refractivity contribution in [2.45, 2.75) is 0 Å². The molecule has 9 aromatic carbocycles. The Morgan fingerprint density at radius 3 is 1.25 bits per heavy atom. The van der Waals surface area contributed by atoms with Gasteiger partial charge in [0.1, 0.15) is 5.58 Å². The molecule has 57 heavy (non-hydrogen) atoms. The lowest BCUT2D eigenvalue weighted by Crippen LogP contribution is -2.75. The zero-order valence-electron chi connectivity index (χ0n) is 30.9. The molecule has 0 saturated carbocycles. The van der Waals surface area contributed by atoms with E-state index >= 15 is 0 Å². The van der Waals surface area contributed by atoms with Gasteiger partial charge in [-0.05, 0) is 95.6 Å². The number of benzene rings is 9. The van der Waals surface area contributed by atoms with E-state index in [0.717, 1.165) is 27.6 Å². The van der Waals surface area contributed by atoms with Crippen LogP contribution in [0.25, 0.3) is 93.9 Å². The van der Waals surface area contributed by atoms with Crippen LogP contribution in [0.5, 0.6) is 0 Å². The molecule has 0 amide bonds. The zero-order valence-corrected chi connectivity index (χ0v) is 31.9. The van der Waals surface area contributed by atoms with Gasteiger partial charge >= 0.3 is 0 Å². The molecule has 13 rings (SSSR count). The minimum Gasteiger partial charge on any atom is -0.454 e. The first-order chi connectivity index (χ1) is 28.3. The van der Waals surface area contributed by atoms with E-state index in [1.165, 1.54) is 87.1 Å². The Kier molecular flexibility index (Phi) is 6.22. The van der Waals surface area contributed by atoms with Crippen molar-refractivity contribution in [2.75, 3.05) is 0 Å². The maximum absolute atomic E-state index is 7.12. The van der Waals surface area contributed by atoms with Gasteiger partial charge in [-0.25, -0.2) is 0 Å². The second kappa shape index (κ2) is 11.4. The summed E-state index contributed by atoms with van der Waals surface area (Å²) in [5.74, 6) is 0. The predicted molar refractivity (Wildman–Crippen MR) is 241 cm³/mol. The number of hydrogen-bond donors (Lipinski definition) is 0. The van der Waals surface area contributed by atoms with Crippen LogP contribution in [0.15, 0.2) is 205 Å². The van der Waals surface area contributed by atoms with Gasteiger partial charge in [0.05, 0.1) is 16.7 Å². The molecule has 0 N–H and O–H groups in total. The summed E-state index contributed by atoms with van der Waals surface area (Å²) in [6.07, 6.45) is 0. The molecule has 0 fully saturated rings. The molecular weight excluding hydrogens is 707 g/mol. The summed E-state index contributed by atoms with van der Waals surface area (Å²) in [5.41, 5.74) is 15.5. The van der Waals surface area contributed by atoms with Gasteiger partial charge in [-0.2, -0.15) is 0 Å². The number of fused-ring (bicyclic) bond motifs is 20. The number of aromatic nitrogens is 1. The maximum atomic E-state index is 7.12. The van der Waals surface area contributed by atoms with E-state index in [1.807, 2.05) is 0 Å². The van der Waals surface area contributed by atoms with Crippen LogP contribution in [-0.2, 0) is 0 Å². The molecule has 0 radical (unpaired) electrons. The summed E-state index contributed by atoms with van der Waals surface area (Å²) >= 11 is 0. The minimum absolute atomic E-state index is 0.899. The van der Waals surface area contributed by atoms with Gasteiger partial charge in [-0.3, -0.25) is 0 Å². The van der Waals surface area contributed by atoms with E-state index in [2.05, 4.69) is 205 Å². The molecule has 4 heterocycles. The molecular formula is C54H33NOSi. The summed E-state index contributed by atoms with van der Waals surface area (Å²) < 4.78 is 9.49. The monoisotopic (exact) mass is 739 g/mol. The Balaban J connectivity index is 1.15. The van der Waals surface area contributed by atoms with Gasteiger partial charge in [-0.15, -0.1) is 0 Å². The summed E-state index contributed by atoms with van der Waals surface area (Å²) in [6, 6.07) is 74.8. The van der Waals surface area contributed by atoms with Crippen LogP contribution in [0.4, 0.5) is 0 Å². The standard InChI is InChI=1S/C54H33NOSi/c1-2-17-35-34(16-1)38-20-5-11-28-50(38)57(51-29-12-6-21-39(35)51)52-30-13-7-22-40(52)43-32-45-42-24-15-27-48(54(42)56-49(45)33-44(43)41-23-8-14-31-53(41)57)55-46-25-9-3-18-36(46)37-19-4-10-26-47(37)55/h1-33H. The fourth-order valence-electron chi connectivity index (χ4n) is 10.6. The molecule has 1 spiro atoms. The third-order valence-corrected chi connectivity index (χ3v) is 17.8. The van der Waals surface area contributed by atoms with Crippen molar-refractivity contribution in [2.24, 2.45) is 0 Å². The van der Waals surface area contributed by atoms with Crippen LogP contribution >= 0.6 is 0 Å². The average Bonchev–Trinajstić information content (AvgIpc) is 3.76. The Morgan fingerprint density at radius 1 is 0.316 bits per heavy atom. The quantitative estimate of drug-likeness (QED) is 0.153. The van der Waals surface area contributed by atoms with Crippen molar-refractivity contribution < 1.29 is 4.42 Å². The van der Waals surface area contributed by atoms with Crippen molar-refractivity contribution in [1.29, 1.82) is 0 Å². The van der Waals surface area contributed by atoms with Crippen LogP contribution in [-0.4, -0.2) is 12.6 Å². The molecule has 3 heteroatoms. The molecule has 0 saturated heterocycles. The molecule has 0 bridgehead atoms. The molecule has 11 aromatic rings. The van der Waals surface area contributed by atoms with Crippen LogP contribution in [0.3, 0.4) is 0 Å². The number of rotatable bonds is 1. The van der Waals surface area contributed by atoms with Crippen molar-refractivity contribution in [3.05, 3.63) is 200 Å². The first kappa shape index (κ1) is 31.0. The van der Waals surface area contributed by atoms with Crippen molar-refractivity contribution in [3.63, 3.8) is 0 Å². The highest BCUT2D eigenvalue weighted by atomic mass is 28.3. The Hall–Kier alpha value is -7.20. The lowest BCUT2D eigenvalue weighted by molar-refractivity contribution is 0.666. The van der Waals surface area contributed by atoms with E-state index in [0.29, 0.717) is 0 Å². The van der Waals surface area contributed by atoms with Gasteiger partial charge in [0.2, 0.25) is 0 Å². The van der Waals surface area contributed by atoms with Gasteiger partial charge in [0, 0.05) is 21.5 Å². The van der Waals surface area contributed by atoms with Crippen molar-refractivity contribution in [1.82, 2.24) is 4.57 Å². The van der Waals surface area contributed by atoms with Gasteiger partial charge in [0.25, 0.3) is 0 Å². The lowest BCUT2D eigenvalue weighted by Gasteiger charge is -2.37. The Bertz CT molecular complexity index is 3370. The van der Waals surface area contributed by atoms with Crippen molar-refractivity contribution >= 4 is 72.6 Å². The van der Waals surface area contributed by atoms with Gasteiger partial charge in [-0.1, -0.05) is 170 Å². The smallest absolute Gasteiger partial charge is 0.182 e. The van der Waals surface area contributed by atoms with E-state index in [4.69, 9.17) is 4.42 Å². The van der Waals surface area contributed by atoms with Crippen LogP contribution in [0.2, 0.25) is 0 Å². The number of nitrogens with zero attached hydrogens (tertiary/aromatic N) is 1. The summed E-state index contributed by atoms with van der Waals surface area (Å²) in [7, 11) is -2.99. The van der Waals surface area contributed by atoms with Crippen LogP contribution < -0.4 is 20.7 Å². The van der Waals surface area contributed by atoms with Gasteiger partial charge in [0.15, 0.2) is 13.7 Å². The zero-order chi connectivity index (χ0) is 37.2. The molecule has 2 aliphatic heterocycles. The highest BCUT2D eigenvalue weighted by molar-refractivity contribution is 7.22. The summed E-state index contributed by atoms with van der Waals surface area (Å²) in [5, 5.41) is 10.4. The lowest BCUT2D eigenvalue weighted by atomic mass is 9.93. The predicted octanol–water partition coefficient (Wildman–Crippen LogP) is 11.4. The second-order valence-electron chi connectivity index (χ2n) is 15.5. The third kappa shape index (κ3) is 3.98. The minimum atomic E-state index is -2.99. The summed E-state index contributed by atoms with van der Waals surface area (Å²) in [4.78, 5) is 0. The Labute approximate surface area is 330 Å². The SMILES string of the molecule is c1ccc2c(c1)-c1ccccc1[Si]1(c3ccccc3-2)c2ccccc2-c2cc3oc4c(-n5c6ccccc6c6ccccc65)cccc4c3cc2-c2ccccc21. The number of furan rings is 1.